The Balaban J connectivity index is 0.00000240. The van der Waals surface area contributed by atoms with Crippen molar-refractivity contribution in [2.45, 2.75) is 20.4 Å². The van der Waals surface area contributed by atoms with Gasteiger partial charge in [0, 0.05) is 25.5 Å². The molecule has 0 aliphatic rings. The SMILES string of the molecule is Cc1ccc(-c2csc(NC(=O)Cn3cnc4c3ccc(=O)n4C)n2)cc1C.[HH]. The number of carbonyl (C=O) groups excluding carboxylic acids is 1. The summed E-state index contributed by atoms with van der Waals surface area (Å²) < 4.78 is 3.17. The average molecular weight is 395 g/mol. The zero-order valence-corrected chi connectivity index (χ0v) is 16.6. The lowest BCUT2D eigenvalue weighted by Gasteiger charge is -2.05. The summed E-state index contributed by atoms with van der Waals surface area (Å²) in [6, 6.07) is 9.34. The highest BCUT2D eigenvalue weighted by atomic mass is 32.1. The molecule has 4 rings (SSSR count). The lowest BCUT2D eigenvalue weighted by Crippen LogP contribution is -2.19. The normalized spacial score (nSPS) is 11.1. The number of aromatic nitrogens is 4. The fourth-order valence-electron chi connectivity index (χ4n) is 2.98. The van der Waals surface area contributed by atoms with E-state index in [0.717, 1.165) is 16.8 Å². The molecule has 1 aromatic carbocycles. The maximum atomic E-state index is 12.5. The van der Waals surface area contributed by atoms with Crippen LogP contribution in [0, 0.1) is 13.8 Å². The number of pyridine rings is 1. The van der Waals surface area contributed by atoms with Gasteiger partial charge in [-0.15, -0.1) is 11.3 Å². The van der Waals surface area contributed by atoms with Crippen LogP contribution in [0.5, 0.6) is 0 Å². The lowest BCUT2D eigenvalue weighted by molar-refractivity contribution is -0.116. The molecule has 28 heavy (non-hydrogen) atoms. The van der Waals surface area contributed by atoms with Gasteiger partial charge in [0.1, 0.15) is 6.54 Å². The second kappa shape index (κ2) is 7.05. The van der Waals surface area contributed by atoms with Crippen LogP contribution in [0.2, 0.25) is 0 Å². The first-order chi connectivity index (χ1) is 13.4. The average Bonchev–Trinajstić information content (AvgIpc) is 3.28. The van der Waals surface area contributed by atoms with E-state index < -0.39 is 0 Å². The van der Waals surface area contributed by atoms with E-state index in [2.05, 4.69) is 41.3 Å². The number of hydrogen-bond donors (Lipinski definition) is 1. The van der Waals surface area contributed by atoms with Crippen molar-refractivity contribution in [1.29, 1.82) is 0 Å². The van der Waals surface area contributed by atoms with Gasteiger partial charge >= 0.3 is 0 Å². The number of hydrogen-bond acceptors (Lipinski definition) is 5. The first kappa shape index (κ1) is 18.1. The van der Waals surface area contributed by atoms with Gasteiger partial charge in [-0.25, -0.2) is 9.97 Å². The van der Waals surface area contributed by atoms with Crippen LogP contribution >= 0.6 is 11.3 Å². The minimum absolute atomic E-state index is 0. The highest BCUT2D eigenvalue weighted by molar-refractivity contribution is 7.14. The molecule has 1 N–H and O–H groups in total. The number of rotatable bonds is 4. The number of nitrogens with zero attached hydrogens (tertiary/aromatic N) is 4. The maximum absolute atomic E-state index is 12.5. The molecule has 0 unspecified atom stereocenters. The van der Waals surface area contributed by atoms with E-state index in [0.29, 0.717) is 10.8 Å². The third-order valence-corrected chi connectivity index (χ3v) is 5.51. The molecular weight excluding hydrogens is 374 g/mol. The Kier molecular flexibility index (Phi) is 4.56. The fourth-order valence-corrected chi connectivity index (χ4v) is 3.72. The highest BCUT2D eigenvalue weighted by Gasteiger charge is 2.12. The summed E-state index contributed by atoms with van der Waals surface area (Å²) in [6.45, 7) is 4.23. The first-order valence-electron chi connectivity index (χ1n) is 8.76. The van der Waals surface area contributed by atoms with Crippen molar-refractivity contribution < 1.29 is 6.22 Å². The number of imidazole rings is 1. The molecular formula is C20H21N5O2S. The number of anilines is 1. The van der Waals surface area contributed by atoms with Crippen LogP contribution in [-0.2, 0) is 18.4 Å². The monoisotopic (exact) mass is 395 g/mol. The largest absolute Gasteiger partial charge is 0.320 e. The molecule has 0 bridgehead atoms. The Hall–Kier alpha value is -3.26. The van der Waals surface area contributed by atoms with Gasteiger partial charge in [-0.2, -0.15) is 0 Å². The van der Waals surface area contributed by atoms with Crippen molar-refractivity contribution in [3.05, 3.63) is 63.5 Å². The third-order valence-electron chi connectivity index (χ3n) is 4.76. The molecule has 0 aliphatic heterocycles. The summed E-state index contributed by atoms with van der Waals surface area (Å²) in [5.41, 5.74) is 5.45. The molecule has 1 amide bonds. The summed E-state index contributed by atoms with van der Waals surface area (Å²) >= 11 is 1.39. The number of thiazole rings is 1. The van der Waals surface area contributed by atoms with Gasteiger partial charge in [0.25, 0.3) is 5.56 Å². The molecule has 0 aliphatic carbocycles. The molecule has 144 valence electrons. The number of carbonyl (C=O) groups is 1. The lowest BCUT2D eigenvalue weighted by atomic mass is 10.1. The fraction of sp³-hybridized carbons (Fsp3) is 0.200. The number of aryl methyl sites for hydroxylation is 3. The van der Waals surface area contributed by atoms with Crippen LogP contribution in [0.4, 0.5) is 5.13 Å². The van der Waals surface area contributed by atoms with E-state index in [9.17, 15) is 9.59 Å². The molecule has 0 spiro atoms. The summed E-state index contributed by atoms with van der Waals surface area (Å²) in [4.78, 5) is 32.9. The van der Waals surface area contributed by atoms with Gasteiger partial charge in [-0.3, -0.25) is 14.2 Å². The highest BCUT2D eigenvalue weighted by Crippen LogP contribution is 2.26. The van der Waals surface area contributed by atoms with Crippen LogP contribution in [0.3, 0.4) is 0 Å². The molecule has 3 aromatic heterocycles. The molecule has 0 atom stereocenters. The molecule has 3 heterocycles. The third kappa shape index (κ3) is 3.34. The summed E-state index contributed by atoms with van der Waals surface area (Å²) in [6.07, 6.45) is 1.56. The molecule has 7 nitrogen and oxygen atoms in total. The number of amides is 1. The van der Waals surface area contributed by atoms with Crippen LogP contribution in [-0.4, -0.2) is 25.0 Å². The van der Waals surface area contributed by atoms with Crippen molar-refractivity contribution in [2.24, 2.45) is 7.05 Å². The van der Waals surface area contributed by atoms with Crippen LogP contribution < -0.4 is 10.9 Å². The van der Waals surface area contributed by atoms with Crippen LogP contribution in [0.1, 0.15) is 12.6 Å². The minimum Gasteiger partial charge on any atom is -0.320 e. The summed E-state index contributed by atoms with van der Waals surface area (Å²) in [7, 11) is 1.66. The molecule has 0 radical (unpaired) electrons. The molecule has 4 aromatic rings. The molecule has 0 fully saturated rings. The van der Waals surface area contributed by atoms with E-state index in [-0.39, 0.29) is 19.4 Å². The van der Waals surface area contributed by atoms with Gasteiger partial charge < -0.3 is 9.88 Å². The van der Waals surface area contributed by atoms with Crippen molar-refractivity contribution in [3.63, 3.8) is 0 Å². The van der Waals surface area contributed by atoms with Crippen molar-refractivity contribution >= 4 is 33.5 Å². The zero-order valence-electron chi connectivity index (χ0n) is 15.8. The van der Waals surface area contributed by atoms with Crippen molar-refractivity contribution in [2.75, 3.05) is 5.32 Å². The Bertz CT molecular complexity index is 1260. The second-order valence-electron chi connectivity index (χ2n) is 6.70. The van der Waals surface area contributed by atoms with Gasteiger partial charge in [0.15, 0.2) is 10.8 Å². The number of fused-ring (bicyclic) bond motifs is 1. The zero-order chi connectivity index (χ0) is 19.8. The van der Waals surface area contributed by atoms with Gasteiger partial charge in [0.05, 0.1) is 17.5 Å². The topological polar surface area (TPSA) is 81.8 Å². The Morgan fingerprint density at radius 2 is 2.04 bits per heavy atom. The van der Waals surface area contributed by atoms with Gasteiger partial charge in [0.2, 0.25) is 5.91 Å². The standard InChI is InChI=1S/C20H19N5O2S.H2/c1-12-4-5-14(8-13(12)2)15-10-28-20(22-15)23-17(26)9-25-11-21-19-16(25)6-7-18(27)24(19)3;/h4-8,10-11H,9H2,1-3H3,(H,22,23,26);1H. The summed E-state index contributed by atoms with van der Waals surface area (Å²) in [5.74, 6) is -0.200. The predicted octanol–water partition coefficient (Wildman–Crippen LogP) is 3.36. The van der Waals surface area contributed by atoms with E-state index in [1.165, 1.54) is 33.1 Å². The Morgan fingerprint density at radius 1 is 1.21 bits per heavy atom. The van der Waals surface area contributed by atoms with E-state index in [4.69, 9.17) is 0 Å². The Labute approximate surface area is 166 Å². The Morgan fingerprint density at radius 3 is 2.82 bits per heavy atom. The van der Waals surface area contributed by atoms with Crippen molar-refractivity contribution in [1.82, 2.24) is 19.1 Å². The smallest absolute Gasteiger partial charge is 0.252 e. The van der Waals surface area contributed by atoms with Gasteiger partial charge in [-0.1, -0.05) is 12.1 Å². The number of nitrogens with one attached hydrogen (secondary N) is 1. The number of benzene rings is 1. The summed E-state index contributed by atoms with van der Waals surface area (Å²) in [5, 5.41) is 5.32. The molecule has 0 saturated heterocycles. The molecule has 8 heteroatoms. The van der Waals surface area contributed by atoms with Gasteiger partial charge in [-0.05, 0) is 37.1 Å². The maximum Gasteiger partial charge on any atom is 0.252 e. The van der Waals surface area contributed by atoms with Crippen LogP contribution in [0.25, 0.3) is 22.4 Å². The quantitative estimate of drug-likeness (QED) is 0.574. The predicted molar refractivity (Wildman–Crippen MR) is 113 cm³/mol. The first-order valence-corrected chi connectivity index (χ1v) is 9.64. The van der Waals surface area contributed by atoms with Crippen LogP contribution in [0.15, 0.2) is 46.8 Å². The minimum atomic E-state index is -0.200. The van der Waals surface area contributed by atoms with E-state index in [1.54, 1.807) is 24.0 Å². The van der Waals surface area contributed by atoms with E-state index >= 15 is 0 Å². The van der Waals surface area contributed by atoms with E-state index in [1.807, 2.05) is 11.4 Å². The second-order valence-corrected chi connectivity index (χ2v) is 7.56. The molecule has 0 saturated carbocycles. The van der Waals surface area contributed by atoms with Crippen molar-refractivity contribution in [3.8, 4) is 11.3 Å².